The minimum Gasteiger partial charge on any atom is -0.381 e. The molecule has 0 spiro atoms. The number of nitrogens with two attached hydrogens (primary N) is 1. The number of carbonyl (C=O) groups is 1. The van der Waals surface area contributed by atoms with Gasteiger partial charge in [-0.15, -0.1) is 0 Å². The number of H-pyrrole nitrogens is 1. The van der Waals surface area contributed by atoms with E-state index in [0.717, 1.165) is 10.6 Å². The molecular formula is C7H9N3O4. The normalized spacial score (nSPS) is 12.4. The number of carbonyl (C=O) groups excluding carboxylic acids is 1. The maximum absolute atomic E-state index is 11.0. The zero-order valence-corrected chi connectivity index (χ0v) is 7.14. The number of nitrogens with zero attached hydrogens (tertiary/aromatic N) is 1. The van der Waals surface area contributed by atoms with Crippen LogP contribution in [0.1, 0.15) is 0 Å². The van der Waals surface area contributed by atoms with E-state index in [-0.39, 0.29) is 6.54 Å². The molecule has 1 aromatic rings. The molecule has 1 unspecified atom stereocenters. The van der Waals surface area contributed by atoms with Crippen LogP contribution in [0, 0.1) is 0 Å². The van der Waals surface area contributed by atoms with Crippen LogP contribution in [0.5, 0.6) is 0 Å². The first-order valence-corrected chi connectivity index (χ1v) is 3.78. The average Bonchev–Trinajstić information content (AvgIpc) is 2.09. The lowest BCUT2D eigenvalue weighted by molar-refractivity contribution is -0.126. The van der Waals surface area contributed by atoms with Gasteiger partial charge in [0.25, 0.3) is 5.56 Å². The Morgan fingerprint density at radius 1 is 1.64 bits per heavy atom. The summed E-state index contributed by atoms with van der Waals surface area (Å²) in [6.07, 6.45) is -0.272. The molecular weight excluding hydrogens is 190 g/mol. The van der Waals surface area contributed by atoms with Gasteiger partial charge in [-0.3, -0.25) is 19.1 Å². The smallest absolute Gasteiger partial charge is 0.328 e. The Labute approximate surface area is 77.8 Å². The first kappa shape index (κ1) is 10.2. The summed E-state index contributed by atoms with van der Waals surface area (Å²) in [5, 5.41) is 9.05. The SMILES string of the molecule is NC(=O)C(O)Cn1ccc(=O)[nH]c1=O. The summed E-state index contributed by atoms with van der Waals surface area (Å²) in [5.41, 5.74) is 3.55. The number of aliphatic hydroxyl groups excluding tert-OH is 1. The molecule has 0 radical (unpaired) electrons. The van der Waals surface area contributed by atoms with Gasteiger partial charge in [-0.1, -0.05) is 0 Å². The Bertz CT molecular complexity index is 447. The predicted molar refractivity (Wildman–Crippen MR) is 46.5 cm³/mol. The second-order valence-electron chi connectivity index (χ2n) is 2.68. The highest BCUT2D eigenvalue weighted by Gasteiger charge is 2.11. The highest BCUT2D eigenvalue weighted by Crippen LogP contribution is 1.85. The second kappa shape index (κ2) is 3.88. The number of hydrogen-bond donors (Lipinski definition) is 3. The molecule has 76 valence electrons. The van der Waals surface area contributed by atoms with Gasteiger partial charge in [-0.05, 0) is 0 Å². The summed E-state index contributed by atoms with van der Waals surface area (Å²) < 4.78 is 0.983. The maximum Gasteiger partial charge on any atom is 0.328 e. The van der Waals surface area contributed by atoms with Crippen molar-refractivity contribution in [2.45, 2.75) is 12.6 Å². The molecule has 14 heavy (non-hydrogen) atoms. The van der Waals surface area contributed by atoms with Crippen LogP contribution >= 0.6 is 0 Å². The van der Waals surface area contributed by atoms with Crippen LogP contribution in [0.3, 0.4) is 0 Å². The van der Waals surface area contributed by atoms with Crippen LogP contribution in [-0.2, 0) is 11.3 Å². The molecule has 1 amide bonds. The number of rotatable bonds is 3. The molecule has 4 N–H and O–H groups in total. The lowest BCUT2D eigenvalue weighted by atomic mass is 10.3. The number of hydrogen-bond acceptors (Lipinski definition) is 4. The molecule has 1 aromatic heterocycles. The third-order valence-corrected chi connectivity index (χ3v) is 1.59. The van der Waals surface area contributed by atoms with Crippen molar-refractivity contribution in [3.63, 3.8) is 0 Å². The van der Waals surface area contributed by atoms with E-state index in [4.69, 9.17) is 10.8 Å². The molecule has 0 aromatic carbocycles. The average molecular weight is 199 g/mol. The standard InChI is InChI=1S/C7H9N3O4/c8-6(13)4(11)3-10-2-1-5(12)9-7(10)14/h1-2,4,11H,3H2,(H2,8,13)(H,9,12,14). The third-order valence-electron chi connectivity index (χ3n) is 1.59. The fourth-order valence-electron chi connectivity index (χ4n) is 0.864. The van der Waals surface area contributed by atoms with E-state index in [0.29, 0.717) is 0 Å². The van der Waals surface area contributed by atoms with Crippen molar-refractivity contribution in [2.24, 2.45) is 5.73 Å². The van der Waals surface area contributed by atoms with Crippen molar-refractivity contribution in [2.75, 3.05) is 0 Å². The lowest BCUT2D eigenvalue weighted by Gasteiger charge is -2.07. The number of primary amides is 1. The quantitative estimate of drug-likeness (QED) is 0.494. The molecule has 1 rings (SSSR count). The van der Waals surface area contributed by atoms with Gasteiger partial charge < -0.3 is 10.8 Å². The summed E-state index contributed by atoms with van der Waals surface area (Å²) in [5.74, 6) is -0.928. The van der Waals surface area contributed by atoms with Crippen LogP contribution in [-0.4, -0.2) is 26.7 Å². The van der Waals surface area contributed by atoms with E-state index < -0.39 is 23.3 Å². The second-order valence-corrected chi connectivity index (χ2v) is 2.68. The van der Waals surface area contributed by atoms with E-state index in [1.807, 2.05) is 4.98 Å². The van der Waals surface area contributed by atoms with E-state index in [1.165, 1.54) is 6.20 Å². The minimum atomic E-state index is -1.45. The van der Waals surface area contributed by atoms with Crippen molar-refractivity contribution in [3.8, 4) is 0 Å². The fourth-order valence-corrected chi connectivity index (χ4v) is 0.864. The molecule has 1 heterocycles. The number of nitrogens with one attached hydrogen (secondary N) is 1. The van der Waals surface area contributed by atoms with Gasteiger partial charge in [0, 0.05) is 12.3 Å². The zero-order valence-electron chi connectivity index (χ0n) is 7.14. The van der Waals surface area contributed by atoms with Gasteiger partial charge >= 0.3 is 5.69 Å². The van der Waals surface area contributed by atoms with Crippen LogP contribution in [0.15, 0.2) is 21.9 Å². The Kier molecular flexibility index (Phi) is 2.82. The van der Waals surface area contributed by atoms with Gasteiger partial charge in [-0.2, -0.15) is 0 Å². The fraction of sp³-hybridized carbons (Fsp3) is 0.286. The Morgan fingerprint density at radius 2 is 2.29 bits per heavy atom. The van der Waals surface area contributed by atoms with E-state index in [9.17, 15) is 14.4 Å². The lowest BCUT2D eigenvalue weighted by Crippen LogP contribution is -2.37. The highest BCUT2D eigenvalue weighted by molar-refractivity contribution is 5.78. The van der Waals surface area contributed by atoms with Crippen LogP contribution in [0.2, 0.25) is 0 Å². The first-order valence-electron chi connectivity index (χ1n) is 3.78. The molecule has 0 aliphatic rings. The Morgan fingerprint density at radius 3 is 2.79 bits per heavy atom. The summed E-state index contributed by atoms with van der Waals surface area (Å²) in [6, 6.07) is 1.11. The molecule has 0 aliphatic carbocycles. The van der Waals surface area contributed by atoms with Crippen LogP contribution in [0.4, 0.5) is 0 Å². The number of aromatic amines is 1. The topological polar surface area (TPSA) is 118 Å². The molecule has 0 fully saturated rings. The van der Waals surface area contributed by atoms with Gasteiger partial charge in [0.2, 0.25) is 5.91 Å². The Hall–Kier alpha value is -1.89. The molecule has 0 bridgehead atoms. The van der Waals surface area contributed by atoms with Gasteiger partial charge in [0.05, 0.1) is 6.54 Å². The van der Waals surface area contributed by atoms with Crippen molar-refractivity contribution in [3.05, 3.63) is 33.1 Å². The van der Waals surface area contributed by atoms with Crippen molar-refractivity contribution >= 4 is 5.91 Å². The molecule has 0 aliphatic heterocycles. The van der Waals surface area contributed by atoms with E-state index >= 15 is 0 Å². The number of aromatic nitrogens is 2. The summed E-state index contributed by atoms with van der Waals surface area (Å²) >= 11 is 0. The van der Waals surface area contributed by atoms with Crippen LogP contribution in [0.25, 0.3) is 0 Å². The molecule has 1 atom stereocenters. The Balaban J connectivity index is 2.93. The largest absolute Gasteiger partial charge is 0.381 e. The molecule has 0 saturated carbocycles. The van der Waals surface area contributed by atoms with Crippen molar-refractivity contribution in [1.82, 2.24) is 9.55 Å². The van der Waals surface area contributed by atoms with E-state index in [2.05, 4.69) is 0 Å². The summed E-state index contributed by atoms with van der Waals surface area (Å²) in [4.78, 5) is 34.1. The summed E-state index contributed by atoms with van der Waals surface area (Å²) in [6.45, 7) is -0.273. The van der Waals surface area contributed by atoms with Gasteiger partial charge in [0.15, 0.2) is 0 Å². The van der Waals surface area contributed by atoms with Gasteiger partial charge in [-0.25, -0.2) is 4.79 Å². The van der Waals surface area contributed by atoms with Crippen molar-refractivity contribution < 1.29 is 9.90 Å². The van der Waals surface area contributed by atoms with Gasteiger partial charge in [0.1, 0.15) is 6.10 Å². The third kappa shape index (κ3) is 2.30. The molecule has 7 heteroatoms. The molecule has 0 saturated heterocycles. The summed E-state index contributed by atoms with van der Waals surface area (Å²) in [7, 11) is 0. The predicted octanol–water partition coefficient (Wildman–Crippen LogP) is -2.62. The van der Waals surface area contributed by atoms with Crippen LogP contribution < -0.4 is 17.0 Å². The van der Waals surface area contributed by atoms with Crippen molar-refractivity contribution in [1.29, 1.82) is 0 Å². The number of aliphatic hydroxyl groups is 1. The zero-order chi connectivity index (χ0) is 10.7. The first-order chi connectivity index (χ1) is 6.50. The molecule has 7 nitrogen and oxygen atoms in total. The highest BCUT2D eigenvalue weighted by atomic mass is 16.3. The monoisotopic (exact) mass is 199 g/mol. The van der Waals surface area contributed by atoms with E-state index in [1.54, 1.807) is 0 Å². The maximum atomic E-state index is 11.0. The minimum absolute atomic E-state index is 0.273. The number of amides is 1.